The Morgan fingerprint density at radius 2 is 1.68 bits per heavy atom. The van der Waals surface area contributed by atoms with E-state index >= 15 is 0 Å². The first-order valence-corrected chi connectivity index (χ1v) is 8.25. The van der Waals surface area contributed by atoms with Crippen molar-refractivity contribution in [3.63, 3.8) is 0 Å². The summed E-state index contributed by atoms with van der Waals surface area (Å²) in [4.78, 5) is 15.0. The zero-order valence-corrected chi connectivity index (χ0v) is 13.1. The Hall–Kier alpha value is -0.370. The molecule has 0 amide bonds. The lowest BCUT2D eigenvalue weighted by atomic mass is 9.71. The average Bonchev–Trinajstić information content (AvgIpc) is 2.63. The smallest absolute Gasteiger partial charge is 0.142 e. The molecule has 0 heterocycles. The first kappa shape index (κ1) is 15.0. The lowest BCUT2D eigenvalue weighted by Crippen LogP contribution is -2.43. The van der Waals surface area contributed by atoms with Crippen molar-refractivity contribution in [1.82, 2.24) is 4.90 Å². The van der Waals surface area contributed by atoms with Crippen molar-refractivity contribution >= 4 is 5.78 Å². The fourth-order valence-corrected chi connectivity index (χ4v) is 3.97. The maximum Gasteiger partial charge on any atom is 0.142 e. The Bertz CT molecular complexity index is 302. The predicted octanol–water partition coefficient (Wildman–Crippen LogP) is 4.04. The molecule has 2 fully saturated rings. The number of rotatable bonds is 3. The molecule has 0 N–H and O–H groups in total. The van der Waals surface area contributed by atoms with Gasteiger partial charge in [0, 0.05) is 23.9 Å². The molecule has 0 spiro atoms. The second-order valence-corrected chi connectivity index (χ2v) is 7.42. The van der Waals surface area contributed by atoms with Gasteiger partial charge in [0.1, 0.15) is 5.78 Å². The van der Waals surface area contributed by atoms with Gasteiger partial charge in [0.15, 0.2) is 0 Å². The number of nitrogens with zero attached hydrogens (tertiary/aromatic N) is 1. The average molecular weight is 265 g/mol. The quantitative estimate of drug-likeness (QED) is 0.718. The van der Waals surface area contributed by atoms with Gasteiger partial charge in [-0.1, -0.05) is 46.0 Å². The van der Waals surface area contributed by atoms with Gasteiger partial charge in [0.05, 0.1) is 0 Å². The Balaban J connectivity index is 1.90. The van der Waals surface area contributed by atoms with Gasteiger partial charge in [-0.15, -0.1) is 0 Å². The molecule has 1 atom stereocenters. The van der Waals surface area contributed by atoms with Crippen LogP contribution in [0.5, 0.6) is 0 Å². The Labute approximate surface area is 118 Å². The molecule has 19 heavy (non-hydrogen) atoms. The van der Waals surface area contributed by atoms with Crippen LogP contribution in [0.3, 0.4) is 0 Å². The molecule has 2 aliphatic rings. The number of carbonyl (C=O) groups excluding carboxylic acids is 1. The monoisotopic (exact) mass is 265 g/mol. The van der Waals surface area contributed by atoms with Crippen LogP contribution in [-0.4, -0.2) is 30.3 Å². The van der Waals surface area contributed by atoms with E-state index in [2.05, 4.69) is 25.8 Å². The van der Waals surface area contributed by atoms with E-state index in [-0.39, 0.29) is 11.3 Å². The zero-order chi connectivity index (χ0) is 13.9. The van der Waals surface area contributed by atoms with E-state index < -0.39 is 0 Å². The van der Waals surface area contributed by atoms with E-state index in [4.69, 9.17) is 0 Å². The third kappa shape index (κ3) is 3.81. The summed E-state index contributed by atoms with van der Waals surface area (Å²) in [5.74, 6) is 0.802. The van der Waals surface area contributed by atoms with Crippen molar-refractivity contribution in [2.45, 2.75) is 77.7 Å². The molecular weight excluding hydrogens is 234 g/mol. The molecule has 110 valence electrons. The van der Waals surface area contributed by atoms with Crippen molar-refractivity contribution in [3.8, 4) is 0 Å². The van der Waals surface area contributed by atoms with E-state index in [0.29, 0.717) is 5.78 Å². The van der Waals surface area contributed by atoms with Crippen LogP contribution < -0.4 is 0 Å². The van der Waals surface area contributed by atoms with Crippen molar-refractivity contribution in [2.75, 3.05) is 13.6 Å². The molecule has 2 nitrogen and oxygen atoms in total. The number of hydrogen-bond donors (Lipinski definition) is 0. The topological polar surface area (TPSA) is 20.3 Å². The number of hydrogen-bond acceptors (Lipinski definition) is 2. The maximum absolute atomic E-state index is 12.5. The minimum absolute atomic E-state index is 0.0762. The second-order valence-electron chi connectivity index (χ2n) is 7.42. The highest BCUT2D eigenvalue weighted by atomic mass is 16.1. The van der Waals surface area contributed by atoms with E-state index in [9.17, 15) is 4.79 Å². The minimum Gasteiger partial charge on any atom is -0.303 e. The number of ketones is 1. The molecular formula is C17H31NO. The van der Waals surface area contributed by atoms with Crippen LogP contribution in [0.4, 0.5) is 0 Å². The van der Waals surface area contributed by atoms with Gasteiger partial charge < -0.3 is 4.90 Å². The first-order valence-electron chi connectivity index (χ1n) is 8.25. The van der Waals surface area contributed by atoms with Crippen LogP contribution in [-0.2, 0) is 4.79 Å². The zero-order valence-electron chi connectivity index (χ0n) is 13.1. The Kier molecular flexibility index (Phi) is 5.05. The molecule has 2 aliphatic carbocycles. The van der Waals surface area contributed by atoms with Crippen molar-refractivity contribution in [2.24, 2.45) is 11.3 Å². The summed E-state index contributed by atoms with van der Waals surface area (Å²) in [6, 6.07) is 0.723. The predicted molar refractivity (Wildman–Crippen MR) is 80.2 cm³/mol. The van der Waals surface area contributed by atoms with E-state index in [0.717, 1.165) is 25.4 Å². The normalized spacial score (nSPS) is 29.5. The van der Waals surface area contributed by atoms with Crippen LogP contribution >= 0.6 is 0 Å². The van der Waals surface area contributed by atoms with E-state index in [1.807, 2.05) is 0 Å². The molecule has 1 unspecified atom stereocenters. The summed E-state index contributed by atoms with van der Waals surface area (Å²) in [5.41, 5.74) is -0.0762. The van der Waals surface area contributed by atoms with Crippen LogP contribution in [0.1, 0.15) is 71.6 Å². The molecule has 0 aromatic carbocycles. The summed E-state index contributed by atoms with van der Waals surface area (Å²) in [6.45, 7) is 5.26. The lowest BCUT2D eigenvalue weighted by Gasteiger charge is -2.37. The molecule has 0 aliphatic heterocycles. The van der Waals surface area contributed by atoms with Gasteiger partial charge >= 0.3 is 0 Å². The molecule has 0 bridgehead atoms. The standard InChI is InChI=1S/C17H31NO/c1-17(2)12-8-9-14(16(17)19)13-18(3)15-10-6-4-5-7-11-15/h14-15H,4-13H2,1-3H3. The molecule has 0 saturated heterocycles. The van der Waals surface area contributed by atoms with Gasteiger partial charge in [0.2, 0.25) is 0 Å². The van der Waals surface area contributed by atoms with Crippen LogP contribution in [0.25, 0.3) is 0 Å². The van der Waals surface area contributed by atoms with Crippen LogP contribution in [0.2, 0.25) is 0 Å². The third-order valence-corrected chi connectivity index (χ3v) is 5.35. The highest BCUT2D eigenvalue weighted by Crippen LogP contribution is 2.36. The molecule has 0 radical (unpaired) electrons. The minimum atomic E-state index is -0.0762. The summed E-state index contributed by atoms with van der Waals surface area (Å²) < 4.78 is 0. The van der Waals surface area contributed by atoms with Crippen LogP contribution in [0.15, 0.2) is 0 Å². The summed E-state index contributed by atoms with van der Waals surface area (Å²) >= 11 is 0. The van der Waals surface area contributed by atoms with Crippen LogP contribution in [0, 0.1) is 11.3 Å². The number of carbonyl (C=O) groups is 1. The van der Waals surface area contributed by atoms with E-state index in [1.54, 1.807) is 0 Å². The molecule has 2 heteroatoms. The first-order chi connectivity index (χ1) is 9.00. The van der Waals surface area contributed by atoms with Gasteiger partial charge in [-0.25, -0.2) is 0 Å². The Morgan fingerprint density at radius 1 is 1.05 bits per heavy atom. The Morgan fingerprint density at radius 3 is 2.32 bits per heavy atom. The highest BCUT2D eigenvalue weighted by Gasteiger charge is 2.37. The molecule has 0 aromatic heterocycles. The lowest BCUT2D eigenvalue weighted by molar-refractivity contribution is -0.135. The van der Waals surface area contributed by atoms with Crippen molar-refractivity contribution in [3.05, 3.63) is 0 Å². The summed E-state index contributed by atoms with van der Waals surface area (Å²) in [6.07, 6.45) is 11.6. The number of Topliss-reactive ketones (excluding diaryl/α,β-unsaturated/α-hetero) is 1. The summed E-state index contributed by atoms with van der Waals surface area (Å²) in [7, 11) is 2.24. The molecule has 2 rings (SSSR count). The van der Waals surface area contributed by atoms with Gasteiger partial charge in [-0.05, 0) is 32.7 Å². The van der Waals surface area contributed by atoms with Crippen molar-refractivity contribution < 1.29 is 4.79 Å². The fraction of sp³-hybridized carbons (Fsp3) is 0.941. The highest BCUT2D eigenvalue weighted by molar-refractivity contribution is 5.87. The maximum atomic E-state index is 12.5. The largest absolute Gasteiger partial charge is 0.303 e. The second kappa shape index (κ2) is 6.39. The van der Waals surface area contributed by atoms with Gasteiger partial charge in [-0.2, -0.15) is 0 Å². The van der Waals surface area contributed by atoms with Gasteiger partial charge in [0.25, 0.3) is 0 Å². The third-order valence-electron chi connectivity index (χ3n) is 5.35. The molecule has 0 aromatic rings. The van der Waals surface area contributed by atoms with E-state index in [1.165, 1.54) is 44.9 Å². The fourth-order valence-electron chi connectivity index (χ4n) is 3.97. The molecule has 2 saturated carbocycles. The van der Waals surface area contributed by atoms with Crippen molar-refractivity contribution in [1.29, 1.82) is 0 Å². The summed E-state index contributed by atoms with van der Waals surface area (Å²) in [5, 5.41) is 0. The SMILES string of the molecule is CN(CC1CCCC(C)(C)C1=O)C1CCCCCC1. The van der Waals surface area contributed by atoms with Gasteiger partial charge in [-0.3, -0.25) is 4.79 Å².